The van der Waals surface area contributed by atoms with Gasteiger partial charge in [-0.3, -0.25) is 4.98 Å². The lowest BCUT2D eigenvalue weighted by Crippen LogP contribution is -2.13. The zero-order valence-electron chi connectivity index (χ0n) is 10.9. The predicted molar refractivity (Wildman–Crippen MR) is 71.9 cm³/mol. The Bertz CT molecular complexity index is 540. The molecule has 0 aliphatic carbocycles. The first-order valence-electron chi connectivity index (χ1n) is 5.92. The van der Waals surface area contributed by atoms with E-state index >= 15 is 0 Å². The van der Waals surface area contributed by atoms with Crippen molar-refractivity contribution in [2.24, 2.45) is 5.84 Å². The van der Waals surface area contributed by atoms with E-state index < -0.39 is 0 Å². The molecule has 0 bridgehead atoms. The van der Waals surface area contributed by atoms with Crippen molar-refractivity contribution in [3.63, 3.8) is 0 Å². The fraction of sp³-hybridized carbons (Fsp3) is 0.308. The van der Waals surface area contributed by atoms with Crippen molar-refractivity contribution >= 4 is 5.82 Å². The quantitative estimate of drug-likeness (QED) is 0.637. The Balaban J connectivity index is 2.62. The van der Waals surface area contributed by atoms with E-state index in [1.165, 1.54) is 0 Å². The normalized spacial score (nSPS) is 10.4. The zero-order valence-corrected chi connectivity index (χ0v) is 10.9. The summed E-state index contributed by atoms with van der Waals surface area (Å²) >= 11 is 0. The van der Waals surface area contributed by atoms with Crippen LogP contribution in [0.3, 0.4) is 0 Å². The minimum absolute atomic E-state index is 0.674. The summed E-state index contributed by atoms with van der Waals surface area (Å²) in [4.78, 5) is 13.1. The number of pyridine rings is 1. The van der Waals surface area contributed by atoms with Crippen molar-refractivity contribution in [1.29, 1.82) is 0 Å². The highest BCUT2D eigenvalue weighted by Gasteiger charge is 2.11. The van der Waals surface area contributed by atoms with E-state index in [1.54, 1.807) is 12.4 Å². The SMILES string of the molecule is CCc1nc(-c2ccncc2C)nc(NN)c1C. The van der Waals surface area contributed by atoms with Crippen molar-refractivity contribution in [2.45, 2.75) is 27.2 Å². The molecule has 0 saturated carbocycles. The van der Waals surface area contributed by atoms with Gasteiger partial charge < -0.3 is 5.43 Å². The van der Waals surface area contributed by atoms with Crippen LogP contribution in [0.2, 0.25) is 0 Å². The summed E-state index contributed by atoms with van der Waals surface area (Å²) < 4.78 is 0. The van der Waals surface area contributed by atoms with Gasteiger partial charge in [0.2, 0.25) is 0 Å². The molecule has 3 N–H and O–H groups in total. The molecule has 2 aromatic rings. The van der Waals surface area contributed by atoms with Gasteiger partial charge in [0, 0.05) is 29.2 Å². The van der Waals surface area contributed by atoms with Gasteiger partial charge in [-0.25, -0.2) is 15.8 Å². The Morgan fingerprint density at radius 1 is 1.28 bits per heavy atom. The first-order valence-corrected chi connectivity index (χ1v) is 5.92. The number of nitrogens with one attached hydrogen (secondary N) is 1. The first-order chi connectivity index (χ1) is 8.67. The number of hydrazine groups is 1. The molecule has 0 atom stereocenters. The molecule has 0 aliphatic rings. The molecule has 0 saturated heterocycles. The van der Waals surface area contributed by atoms with E-state index in [2.05, 4.69) is 27.3 Å². The first kappa shape index (κ1) is 12.4. The molecule has 5 heteroatoms. The second-order valence-corrected chi connectivity index (χ2v) is 4.16. The Hall–Kier alpha value is -2.01. The van der Waals surface area contributed by atoms with Gasteiger partial charge in [0.05, 0.1) is 0 Å². The molecule has 2 heterocycles. The molecule has 18 heavy (non-hydrogen) atoms. The van der Waals surface area contributed by atoms with Crippen molar-refractivity contribution in [2.75, 3.05) is 5.43 Å². The summed E-state index contributed by atoms with van der Waals surface area (Å²) in [5.74, 6) is 6.87. The van der Waals surface area contributed by atoms with Crippen LogP contribution in [0.15, 0.2) is 18.5 Å². The Morgan fingerprint density at radius 3 is 2.67 bits per heavy atom. The summed E-state index contributed by atoms with van der Waals surface area (Å²) in [6.45, 7) is 6.03. The molecule has 0 radical (unpaired) electrons. The molecule has 94 valence electrons. The van der Waals surface area contributed by atoms with Crippen LogP contribution in [0.25, 0.3) is 11.4 Å². The molecular formula is C13H17N5. The minimum atomic E-state index is 0.674. The van der Waals surface area contributed by atoms with E-state index in [0.717, 1.165) is 28.8 Å². The number of aryl methyl sites for hydroxylation is 2. The van der Waals surface area contributed by atoms with Gasteiger partial charge in [-0.2, -0.15) is 0 Å². The Labute approximate surface area is 106 Å². The lowest BCUT2D eigenvalue weighted by Gasteiger charge is -2.11. The fourth-order valence-corrected chi connectivity index (χ4v) is 1.89. The van der Waals surface area contributed by atoms with Crippen LogP contribution < -0.4 is 11.3 Å². The molecule has 0 unspecified atom stereocenters. The van der Waals surface area contributed by atoms with Crippen molar-refractivity contribution < 1.29 is 0 Å². The monoisotopic (exact) mass is 243 g/mol. The zero-order chi connectivity index (χ0) is 13.1. The maximum atomic E-state index is 5.51. The molecule has 0 aromatic carbocycles. The maximum absolute atomic E-state index is 5.51. The molecule has 0 fully saturated rings. The second-order valence-electron chi connectivity index (χ2n) is 4.16. The number of hydrogen-bond acceptors (Lipinski definition) is 5. The van der Waals surface area contributed by atoms with Crippen LogP contribution in [0.4, 0.5) is 5.82 Å². The van der Waals surface area contributed by atoms with Gasteiger partial charge in [0.1, 0.15) is 5.82 Å². The third-order valence-electron chi connectivity index (χ3n) is 2.98. The van der Waals surface area contributed by atoms with Crippen LogP contribution in [-0.2, 0) is 6.42 Å². The van der Waals surface area contributed by atoms with Crippen LogP contribution >= 0.6 is 0 Å². The summed E-state index contributed by atoms with van der Waals surface area (Å²) in [7, 11) is 0. The Morgan fingerprint density at radius 2 is 2.06 bits per heavy atom. The lowest BCUT2D eigenvalue weighted by molar-refractivity contribution is 0.971. The van der Waals surface area contributed by atoms with E-state index in [4.69, 9.17) is 5.84 Å². The summed E-state index contributed by atoms with van der Waals surface area (Å²) in [6.07, 6.45) is 4.40. The van der Waals surface area contributed by atoms with Crippen LogP contribution in [0.1, 0.15) is 23.7 Å². The highest BCUT2D eigenvalue weighted by atomic mass is 15.3. The van der Waals surface area contributed by atoms with E-state index in [9.17, 15) is 0 Å². The highest BCUT2D eigenvalue weighted by Crippen LogP contribution is 2.23. The van der Waals surface area contributed by atoms with Gasteiger partial charge in [-0.05, 0) is 31.9 Å². The number of nitrogen functional groups attached to an aromatic ring is 1. The fourth-order valence-electron chi connectivity index (χ4n) is 1.89. The van der Waals surface area contributed by atoms with Crippen molar-refractivity contribution in [1.82, 2.24) is 15.0 Å². The van der Waals surface area contributed by atoms with Gasteiger partial charge in [0.15, 0.2) is 5.82 Å². The number of nitrogens with zero attached hydrogens (tertiary/aromatic N) is 3. The van der Waals surface area contributed by atoms with Gasteiger partial charge in [0.25, 0.3) is 0 Å². The topological polar surface area (TPSA) is 76.7 Å². The smallest absolute Gasteiger partial charge is 0.162 e. The molecule has 5 nitrogen and oxygen atoms in total. The molecule has 2 aromatic heterocycles. The second kappa shape index (κ2) is 5.10. The number of anilines is 1. The number of hydrogen-bond donors (Lipinski definition) is 2. The minimum Gasteiger partial charge on any atom is -0.308 e. The van der Waals surface area contributed by atoms with Gasteiger partial charge >= 0.3 is 0 Å². The Kier molecular flexibility index (Phi) is 3.53. The summed E-state index contributed by atoms with van der Waals surface area (Å²) in [5.41, 5.74) is 6.66. The predicted octanol–water partition coefficient (Wildman–Crippen LogP) is 2.00. The highest BCUT2D eigenvalue weighted by molar-refractivity contribution is 5.62. The molecule has 0 amide bonds. The van der Waals surface area contributed by atoms with E-state index in [0.29, 0.717) is 11.6 Å². The molecular weight excluding hydrogens is 226 g/mol. The van der Waals surface area contributed by atoms with Gasteiger partial charge in [-0.1, -0.05) is 6.92 Å². The van der Waals surface area contributed by atoms with Crippen molar-refractivity contribution in [3.8, 4) is 11.4 Å². The van der Waals surface area contributed by atoms with Crippen molar-refractivity contribution in [3.05, 3.63) is 35.3 Å². The van der Waals surface area contributed by atoms with Crippen LogP contribution in [-0.4, -0.2) is 15.0 Å². The van der Waals surface area contributed by atoms with Crippen LogP contribution in [0, 0.1) is 13.8 Å². The number of rotatable bonds is 3. The molecule has 0 spiro atoms. The third-order valence-corrected chi connectivity index (χ3v) is 2.98. The average Bonchev–Trinajstić information content (AvgIpc) is 2.40. The molecule has 0 aliphatic heterocycles. The third kappa shape index (κ3) is 2.17. The summed E-state index contributed by atoms with van der Waals surface area (Å²) in [5, 5.41) is 0. The average molecular weight is 243 g/mol. The lowest BCUT2D eigenvalue weighted by atomic mass is 10.1. The maximum Gasteiger partial charge on any atom is 0.162 e. The number of aromatic nitrogens is 3. The van der Waals surface area contributed by atoms with Gasteiger partial charge in [-0.15, -0.1) is 0 Å². The summed E-state index contributed by atoms with van der Waals surface area (Å²) in [6, 6.07) is 1.92. The van der Waals surface area contributed by atoms with Crippen LogP contribution in [0.5, 0.6) is 0 Å². The van der Waals surface area contributed by atoms with E-state index in [1.807, 2.05) is 19.9 Å². The standard InChI is InChI=1S/C13H17N5/c1-4-11-9(3)12(18-14)17-13(16-11)10-5-6-15-7-8(10)2/h5-7H,4,14H2,1-3H3,(H,16,17,18). The molecule has 2 rings (SSSR count). The number of nitrogens with two attached hydrogens (primary N) is 1. The van der Waals surface area contributed by atoms with E-state index in [-0.39, 0.29) is 0 Å². The largest absolute Gasteiger partial charge is 0.308 e.